The first kappa shape index (κ1) is 13.8. The Bertz CT molecular complexity index is 646. The number of carbonyl (C=O) groups is 2. The maximum atomic E-state index is 11.7. The number of nitrogens with one attached hydrogen (secondary N) is 2. The highest BCUT2D eigenvalue weighted by molar-refractivity contribution is 6.44. The van der Waals surface area contributed by atoms with Crippen molar-refractivity contribution in [3.8, 4) is 0 Å². The van der Waals surface area contributed by atoms with Crippen molar-refractivity contribution < 1.29 is 9.59 Å². The Labute approximate surface area is 120 Å². The summed E-state index contributed by atoms with van der Waals surface area (Å²) in [6, 6.07) is 9.53. The second-order valence-electron chi connectivity index (χ2n) is 3.86. The number of halogens is 1. The van der Waals surface area contributed by atoms with Crippen molar-refractivity contribution in [1.82, 2.24) is 4.98 Å². The Morgan fingerprint density at radius 3 is 2.50 bits per heavy atom. The molecule has 1 aromatic carbocycles. The van der Waals surface area contributed by atoms with E-state index in [2.05, 4.69) is 15.6 Å². The number of carbonyl (C=O) groups excluding carboxylic acids is 2. The highest BCUT2D eigenvalue weighted by Crippen LogP contribution is 2.23. The summed E-state index contributed by atoms with van der Waals surface area (Å²) in [4.78, 5) is 27.3. The zero-order valence-electron chi connectivity index (χ0n) is 10.3. The zero-order chi connectivity index (χ0) is 14.5. The van der Waals surface area contributed by atoms with Crippen molar-refractivity contribution in [3.05, 3.63) is 47.6 Å². The highest BCUT2D eigenvalue weighted by atomic mass is 35.5. The summed E-state index contributed by atoms with van der Waals surface area (Å²) in [5, 5.41) is 5.01. The summed E-state index contributed by atoms with van der Waals surface area (Å²) < 4.78 is 0. The van der Waals surface area contributed by atoms with Gasteiger partial charge in [-0.1, -0.05) is 17.7 Å². The van der Waals surface area contributed by atoms with Gasteiger partial charge in [0.1, 0.15) is 5.82 Å². The predicted molar refractivity (Wildman–Crippen MR) is 77.4 cm³/mol. The third kappa shape index (κ3) is 3.46. The molecule has 0 aliphatic heterocycles. The van der Waals surface area contributed by atoms with E-state index in [0.717, 1.165) is 0 Å². The molecular weight excluding hydrogens is 280 g/mol. The molecule has 6 nitrogen and oxygen atoms in total. The Kier molecular flexibility index (Phi) is 4.17. The fraction of sp³-hybridized carbons (Fsp3) is 0. The van der Waals surface area contributed by atoms with E-state index in [1.807, 2.05) is 0 Å². The second kappa shape index (κ2) is 6.03. The van der Waals surface area contributed by atoms with Crippen LogP contribution in [0.3, 0.4) is 0 Å². The van der Waals surface area contributed by atoms with E-state index in [-0.39, 0.29) is 10.8 Å². The number of pyridine rings is 1. The molecule has 0 bridgehead atoms. The van der Waals surface area contributed by atoms with Crippen molar-refractivity contribution in [2.45, 2.75) is 0 Å². The van der Waals surface area contributed by atoms with Gasteiger partial charge < -0.3 is 16.4 Å². The number of hydrogen-bond acceptors (Lipinski definition) is 4. The summed E-state index contributed by atoms with van der Waals surface area (Å²) in [6.07, 6.45) is 1.50. The SMILES string of the molecule is Nc1ccc(NC(=O)C(=O)Nc2ccccn2)c(Cl)c1. The number of rotatable bonds is 2. The molecule has 0 atom stereocenters. The van der Waals surface area contributed by atoms with Crippen LogP contribution in [0.4, 0.5) is 17.2 Å². The second-order valence-corrected chi connectivity index (χ2v) is 4.27. The smallest absolute Gasteiger partial charge is 0.315 e. The topological polar surface area (TPSA) is 97.1 Å². The minimum atomic E-state index is -0.845. The lowest BCUT2D eigenvalue weighted by molar-refractivity contribution is -0.133. The van der Waals surface area contributed by atoms with Crippen molar-refractivity contribution in [3.63, 3.8) is 0 Å². The maximum absolute atomic E-state index is 11.7. The van der Waals surface area contributed by atoms with Crippen LogP contribution in [0.5, 0.6) is 0 Å². The number of anilines is 3. The van der Waals surface area contributed by atoms with Crippen LogP contribution in [-0.2, 0) is 9.59 Å². The Balaban J connectivity index is 2.03. The van der Waals surface area contributed by atoms with Crippen LogP contribution in [0.25, 0.3) is 0 Å². The number of benzene rings is 1. The van der Waals surface area contributed by atoms with Crippen LogP contribution in [0.1, 0.15) is 0 Å². The number of nitrogen functional groups attached to an aromatic ring is 1. The van der Waals surface area contributed by atoms with Crippen LogP contribution in [0.15, 0.2) is 42.6 Å². The number of nitrogens with zero attached hydrogens (tertiary/aromatic N) is 1. The van der Waals surface area contributed by atoms with Crippen LogP contribution < -0.4 is 16.4 Å². The first-order valence-corrected chi connectivity index (χ1v) is 6.02. The standard InChI is InChI=1S/C13H11ClN4O2/c14-9-7-8(15)4-5-10(9)17-12(19)13(20)18-11-3-1-2-6-16-11/h1-7H,15H2,(H,17,19)(H,16,18,20). The van der Waals surface area contributed by atoms with Crippen LogP contribution in [0.2, 0.25) is 5.02 Å². The molecule has 20 heavy (non-hydrogen) atoms. The Morgan fingerprint density at radius 2 is 1.85 bits per heavy atom. The first-order chi connectivity index (χ1) is 9.56. The molecule has 1 heterocycles. The molecule has 0 aliphatic carbocycles. The normalized spacial score (nSPS) is 9.85. The van der Waals surface area contributed by atoms with Gasteiger partial charge in [-0.15, -0.1) is 0 Å². The number of hydrogen-bond donors (Lipinski definition) is 3. The number of amides is 2. The quantitative estimate of drug-likeness (QED) is 0.581. The average molecular weight is 291 g/mol. The zero-order valence-corrected chi connectivity index (χ0v) is 11.0. The molecule has 0 saturated heterocycles. The molecule has 102 valence electrons. The largest absolute Gasteiger partial charge is 0.399 e. The van der Waals surface area contributed by atoms with Gasteiger partial charge in [0.05, 0.1) is 10.7 Å². The first-order valence-electron chi connectivity index (χ1n) is 5.64. The average Bonchev–Trinajstić information content (AvgIpc) is 2.43. The van der Waals surface area contributed by atoms with Gasteiger partial charge in [0, 0.05) is 11.9 Å². The van der Waals surface area contributed by atoms with E-state index in [0.29, 0.717) is 11.4 Å². The number of nitrogens with two attached hydrogens (primary N) is 1. The predicted octanol–water partition coefficient (Wildman–Crippen LogP) is 1.89. The van der Waals surface area contributed by atoms with Crippen LogP contribution in [0, 0.1) is 0 Å². The molecule has 2 rings (SSSR count). The molecule has 0 saturated carbocycles. The van der Waals surface area contributed by atoms with E-state index < -0.39 is 11.8 Å². The van der Waals surface area contributed by atoms with Crippen LogP contribution in [-0.4, -0.2) is 16.8 Å². The molecule has 2 aromatic rings. The fourth-order valence-corrected chi connectivity index (χ4v) is 1.66. The van der Waals surface area contributed by atoms with Crippen molar-refractivity contribution in [2.75, 3.05) is 16.4 Å². The van der Waals surface area contributed by atoms with Gasteiger partial charge in [-0.2, -0.15) is 0 Å². The lowest BCUT2D eigenvalue weighted by Crippen LogP contribution is -2.29. The minimum Gasteiger partial charge on any atom is -0.399 e. The molecule has 0 spiro atoms. The maximum Gasteiger partial charge on any atom is 0.315 e. The minimum absolute atomic E-state index is 0.254. The summed E-state index contributed by atoms with van der Waals surface area (Å²) in [6.45, 7) is 0. The molecule has 7 heteroatoms. The van der Waals surface area contributed by atoms with Crippen molar-refractivity contribution in [2.24, 2.45) is 0 Å². The number of aromatic nitrogens is 1. The molecule has 0 fully saturated rings. The van der Waals surface area contributed by atoms with E-state index in [1.54, 1.807) is 24.3 Å². The van der Waals surface area contributed by atoms with Gasteiger partial charge in [0.25, 0.3) is 0 Å². The van der Waals surface area contributed by atoms with E-state index in [4.69, 9.17) is 17.3 Å². The molecule has 0 radical (unpaired) electrons. The van der Waals surface area contributed by atoms with E-state index in [1.165, 1.54) is 18.3 Å². The summed E-state index contributed by atoms with van der Waals surface area (Å²) >= 11 is 5.90. The molecule has 0 aliphatic rings. The van der Waals surface area contributed by atoms with Gasteiger partial charge in [0.2, 0.25) is 0 Å². The molecule has 0 unspecified atom stereocenters. The van der Waals surface area contributed by atoms with Crippen molar-refractivity contribution >= 4 is 40.6 Å². The summed E-state index contributed by atoms with van der Waals surface area (Å²) in [5.41, 5.74) is 6.31. The van der Waals surface area contributed by atoms with E-state index in [9.17, 15) is 9.59 Å². The molecule has 2 amide bonds. The lowest BCUT2D eigenvalue weighted by Gasteiger charge is -2.07. The molecule has 4 N–H and O–H groups in total. The third-order valence-electron chi connectivity index (χ3n) is 2.35. The monoisotopic (exact) mass is 290 g/mol. The highest BCUT2D eigenvalue weighted by Gasteiger charge is 2.15. The summed E-state index contributed by atoms with van der Waals surface area (Å²) in [7, 11) is 0. The van der Waals surface area contributed by atoms with Gasteiger partial charge in [-0.3, -0.25) is 9.59 Å². The Morgan fingerprint density at radius 1 is 1.10 bits per heavy atom. The molecular formula is C13H11ClN4O2. The van der Waals surface area contributed by atoms with Crippen LogP contribution >= 0.6 is 11.6 Å². The van der Waals surface area contributed by atoms with E-state index >= 15 is 0 Å². The fourth-order valence-electron chi connectivity index (χ4n) is 1.42. The van der Waals surface area contributed by atoms with Gasteiger partial charge in [0.15, 0.2) is 0 Å². The summed E-state index contributed by atoms with van der Waals surface area (Å²) in [5.74, 6) is -1.39. The van der Waals surface area contributed by atoms with Gasteiger partial charge in [-0.05, 0) is 30.3 Å². The molecule has 1 aromatic heterocycles. The lowest BCUT2D eigenvalue weighted by atomic mass is 10.3. The third-order valence-corrected chi connectivity index (χ3v) is 2.67. The van der Waals surface area contributed by atoms with Crippen molar-refractivity contribution in [1.29, 1.82) is 0 Å². The Hall–Kier alpha value is -2.60. The van der Waals surface area contributed by atoms with Gasteiger partial charge >= 0.3 is 11.8 Å². The van der Waals surface area contributed by atoms with Gasteiger partial charge in [-0.25, -0.2) is 4.98 Å².